The molecule has 0 bridgehead atoms. The molecule has 39 heavy (non-hydrogen) atoms. The molecule has 9 nitrogen and oxygen atoms in total. The van der Waals surface area contributed by atoms with Gasteiger partial charge in [0.25, 0.3) is 5.56 Å². The van der Waals surface area contributed by atoms with Gasteiger partial charge in [-0.3, -0.25) is 14.2 Å². The number of halogens is 3. The van der Waals surface area contributed by atoms with Crippen molar-refractivity contribution in [1.82, 2.24) is 14.3 Å². The standard InChI is InChI=1S/C27H31F3N4O5/c1-19(25(36)37)18-39-22-13-6-5-11-21(22)12-7-15-31-23-24(35)33(17-20-9-3-2-4-10-20)26(38)34(32-23)16-8-14-27(28,29)30/h2-6,9-11,13,19H,7-8,12,14-18H2,1H3,(H,31,32)(H,36,37). The van der Waals surface area contributed by atoms with Crippen LogP contribution in [0.4, 0.5) is 19.0 Å². The van der Waals surface area contributed by atoms with Crippen LogP contribution in [0.1, 0.15) is 37.3 Å². The van der Waals surface area contributed by atoms with E-state index < -0.39 is 35.7 Å². The summed E-state index contributed by atoms with van der Waals surface area (Å²) in [4.78, 5) is 37.0. The highest BCUT2D eigenvalue weighted by atomic mass is 19.4. The zero-order chi connectivity index (χ0) is 28.4. The molecule has 1 heterocycles. The first kappa shape index (κ1) is 29.5. The van der Waals surface area contributed by atoms with Gasteiger partial charge in [0.2, 0.25) is 5.82 Å². The molecule has 0 radical (unpaired) electrons. The molecule has 0 aliphatic rings. The van der Waals surface area contributed by atoms with Gasteiger partial charge in [0.05, 0.1) is 12.5 Å². The molecule has 2 N–H and O–H groups in total. The summed E-state index contributed by atoms with van der Waals surface area (Å²) >= 11 is 0. The minimum Gasteiger partial charge on any atom is -0.492 e. The molecule has 0 spiro atoms. The lowest BCUT2D eigenvalue weighted by atomic mass is 10.1. The second-order valence-electron chi connectivity index (χ2n) is 9.14. The second kappa shape index (κ2) is 13.6. The monoisotopic (exact) mass is 548 g/mol. The summed E-state index contributed by atoms with van der Waals surface area (Å²) in [6, 6.07) is 16.0. The minimum atomic E-state index is -4.37. The van der Waals surface area contributed by atoms with Gasteiger partial charge in [-0.15, -0.1) is 5.10 Å². The number of rotatable bonds is 14. The van der Waals surface area contributed by atoms with Crippen molar-refractivity contribution in [3.8, 4) is 5.75 Å². The number of anilines is 1. The number of benzene rings is 2. The predicted octanol–water partition coefficient (Wildman–Crippen LogP) is 3.94. The summed E-state index contributed by atoms with van der Waals surface area (Å²) in [6.07, 6.45) is -4.73. The van der Waals surface area contributed by atoms with E-state index in [9.17, 15) is 27.6 Å². The number of nitrogens with one attached hydrogen (secondary N) is 1. The molecule has 0 amide bonds. The van der Waals surface area contributed by atoms with E-state index in [0.717, 1.165) is 14.8 Å². The summed E-state index contributed by atoms with van der Waals surface area (Å²) in [5, 5.41) is 16.0. The van der Waals surface area contributed by atoms with E-state index >= 15 is 0 Å². The zero-order valence-electron chi connectivity index (χ0n) is 21.5. The van der Waals surface area contributed by atoms with Crippen molar-refractivity contribution in [2.45, 2.75) is 51.9 Å². The van der Waals surface area contributed by atoms with Gasteiger partial charge in [-0.1, -0.05) is 48.5 Å². The first-order valence-electron chi connectivity index (χ1n) is 12.5. The molecule has 1 aromatic heterocycles. The van der Waals surface area contributed by atoms with Crippen LogP contribution in [-0.4, -0.2) is 44.8 Å². The van der Waals surface area contributed by atoms with Gasteiger partial charge in [-0.05, 0) is 43.4 Å². The molecule has 0 saturated heterocycles. The Labute approximate surface area is 222 Å². The molecule has 0 fully saturated rings. The topological polar surface area (TPSA) is 115 Å². The highest BCUT2D eigenvalue weighted by Gasteiger charge is 2.26. The molecule has 12 heteroatoms. The van der Waals surface area contributed by atoms with E-state index in [0.29, 0.717) is 24.2 Å². The molecule has 2 aromatic carbocycles. The van der Waals surface area contributed by atoms with Gasteiger partial charge in [0.1, 0.15) is 12.4 Å². The Morgan fingerprint density at radius 3 is 2.46 bits per heavy atom. The summed E-state index contributed by atoms with van der Waals surface area (Å²) < 4.78 is 45.5. The van der Waals surface area contributed by atoms with Crippen LogP contribution in [0.15, 0.2) is 64.2 Å². The number of aliphatic carboxylic acids is 1. The lowest BCUT2D eigenvalue weighted by Crippen LogP contribution is -2.43. The number of alkyl halides is 3. The van der Waals surface area contributed by atoms with Gasteiger partial charge in [-0.25, -0.2) is 9.48 Å². The van der Waals surface area contributed by atoms with Gasteiger partial charge in [0, 0.05) is 19.5 Å². The number of hydrogen-bond donors (Lipinski definition) is 2. The number of aromatic nitrogens is 3. The Kier molecular flexibility index (Phi) is 10.3. The summed E-state index contributed by atoms with van der Waals surface area (Å²) in [5.74, 6) is -1.19. The third-order valence-electron chi connectivity index (χ3n) is 5.93. The average Bonchev–Trinajstić information content (AvgIpc) is 2.90. The number of carbonyl (C=O) groups is 1. The van der Waals surface area contributed by atoms with E-state index in [1.165, 1.54) is 0 Å². The first-order valence-corrected chi connectivity index (χ1v) is 12.5. The molecule has 210 valence electrons. The van der Waals surface area contributed by atoms with Crippen LogP contribution in [0.25, 0.3) is 0 Å². The molecule has 0 aliphatic heterocycles. The third kappa shape index (κ3) is 9.01. The fourth-order valence-electron chi connectivity index (χ4n) is 3.77. The number of aryl methyl sites for hydroxylation is 2. The second-order valence-corrected chi connectivity index (χ2v) is 9.14. The maximum Gasteiger partial charge on any atom is 0.389 e. The lowest BCUT2D eigenvalue weighted by Gasteiger charge is -2.15. The molecule has 1 atom stereocenters. The normalized spacial score (nSPS) is 12.2. The molecular formula is C27H31F3N4O5. The largest absolute Gasteiger partial charge is 0.492 e. The first-order chi connectivity index (χ1) is 18.5. The number of ether oxygens (including phenoxy) is 1. The van der Waals surface area contributed by atoms with Gasteiger partial charge < -0.3 is 15.2 Å². The molecule has 1 unspecified atom stereocenters. The average molecular weight is 549 g/mol. The Morgan fingerprint density at radius 1 is 1.08 bits per heavy atom. The molecule has 3 aromatic rings. The van der Waals surface area contributed by atoms with Crippen LogP contribution in [0, 0.1) is 5.92 Å². The van der Waals surface area contributed by atoms with Crippen LogP contribution in [-0.2, 0) is 24.3 Å². The van der Waals surface area contributed by atoms with Crippen LogP contribution in [0.2, 0.25) is 0 Å². The minimum absolute atomic E-state index is 0.0192. The number of carboxylic acids is 1. The van der Waals surface area contributed by atoms with Crippen LogP contribution in [0.3, 0.4) is 0 Å². The number of nitrogens with zero attached hydrogens (tertiary/aromatic N) is 3. The van der Waals surface area contributed by atoms with Crippen LogP contribution in [0.5, 0.6) is 5.75 Å². The van der Waals surface area contributed by atoms with E-state index in [4.69, 9.17) is 9.84 Å². The van der Waals surface area contributed by atoms with Gasteiger partial charge >= 0.3 is 17.8 Å². The summed E-state index contributed by atoms with van der Waals surface area (Å²) in [6.45, 7) is 1.52. The maximum absolute atomic E-state index is 13.1. The lowest BCUT2D eigenvalue weighted by molar-refractivity contribution is -0.142. The van der Waals surface area contributed by atoms with E-state index in [2.05, 4.69) is 10.4 Å². The van der Waals surface area contributed by atoms with Crippen molar-refractivity contribution in [2.75, 3.05) is 18.5 Å². The van der Waals surface area contributed by atoms with Gasteiger partial charge in [-0.2, -0.15) is 13.2 Å². The Bertz CT molecular complexity index is 1360. The smallest absolute Gasteiger partial charge is 0.389 e. The Morgan fingerprint density at radius 2 is 1.77 bits per heavy atom. The van der Waals surface area contributed by atoms with E-state index in [-0.39, 0.29) is 38.5 Å². The molecular weight excluding hydrogens is 517 g/mol. The Balaban J connectivity index is 1.72. The van der Waals surface area contributed by atoms with Crippen molar-refractivity contribution in [1.29, 1.82) is 0 Å². The fraction of sp³-hybridized carbons (Fsp3) is 0.407. The quantitative estimate of drug-likeness (QED) is 0.293. The number of hydrogen-bond acceptors (Lipinski definition) is 6. The highest BCUT2D eigenvalue weighted by Crippen LogP contribution is 2.22. The number of para-hydroxylation sites is 1. The van der Waals surface area contributed by atoms with Gasteiger partial charge in [0.15, 0.2) is 0 Å². The molecule has 0 aliphatic carbocycles. The predicted molar refractivity (Wildman–Crippen MR) is 139 cm³/mol. The van der Waals surface area contributed by atoms with Crippen molar-refractivity contribution in [3.63, 3.8) is 0 Å². The SMILES string of the molecule is CC(COc1ccccc1CCCNc1nn(CCCC(F)(F)F)c(=O)n(Cc2ccccc2)c1=O)C(=O)O. The van der Waals surface area contributed by atoms with E-state index in [1.807, 2.05) is 12.1 Å². The molecule has 3 rings (SSSR count). The van der Waals surface area contributed by atoms with Crippen molar-refractivity contribution in [3.05, 3.63) is 86.6 Å². The summed E-state index contributed by atoms with van der Waals surface area (Å²) in [5.41, 5.74) is 0.0912. The van der Waals surface area contributed by atoms with Crippen LogP contribution >= 0.6 is 0 Å². The highest BCUT2D eigenvalue weighted by molar-refractivity contribution is 5.69. The van der Waals surface area contributed by atoms with Crippen molar-refractivity contribution in [2.24, 2.45) is 5.92 Å². The number of carboxylic acid groups (broad SMARTS) is 1. The zero-order valence-corrected chi connectivity index (χ0v) is 21.5. The van der Waals surface area contributed by atoms with E-state index in [1.54, 1.807) is 49.4 Å². The molecule has 0 saturated carbocycles. The Hall–Kier alpha value is -4.09. The van der Waals surface area contributed by atoms with Crippen molar-refractivity contribution < 1.29 is 27.8 Å². The summed E-state index contributed by atoms with van der Waals surface area (Å²) in [7, 11) is 0. The maximum atomic E-state index is 13.1. The third-order valence-corrected chi connectivity index (χ3v) is 5.93. The van der Waals surface area contributed by atoms with Crippen LogP contribution < -0.4 is 21.3 Å². The van der Waals surface area contributed by atoms with Crippen molar-refractivity contribution >= 4 is 11.8 Å². The fourth-order valence-corrected chi connectivity index (χ4v) is 3.77.